The minimum absolute atomic E-state index is 0. The summed E-state index contributed by atoms with van der Waals surface area (Å²) in [6, 6.07) is 13.6. The molecule has 0 saturated carbocycles. The van der Waals surface area contributed by atoms with E-state index in [1.165, 1.54) is 6.07 Å². The van der Waals surface area contributed by atoms with Crippen LogP contribution in [0.25, 0.3) is 0 Å². The Kier molecular flexibility index (Phi) is 6.88. The van der Waals surface area contributed by atoms with Crippen LogP contribution in [0.3, 0.4) is 0 Å². The third-order valence-electron chi connectivity index (χ3n) is 3.02. The van der Waals surface area contributed by atoms with Gasteiger partial charge in [0.15, 0.2) is 0 Å². The molecule has 2 nitrogen and oxygen atoms in total. The summed E-state index contributed by atoms with van der Waals surface area (Å²) in [6.07, 6.45) is -0.400. The molecule has 0 bridgehead atoms. The first kappa shape index (κ1) is 17.4. The van der Waals surface area contributed by atoms with Crippen LogP contribution in [0.2, 0.25) is 0 Å². The lowest BCUT2D eigenvalue weighted by Crippen LogP contribution is -2.29. The van der Waals surface area contributed by atoms with Gasteiger partial charge in [0.05, 0.1) is 12.1 Å². The quantitative estimate of drug-likeness (QED) is 0.763. The first-order chi connectivity index (χ1) is 9.08. The Hall–Kier alpha value is -0.690. The summed E-state index contributed by atoms with van der Waals surface area (Å²) in [6.45, 7) is 0. The summed E-state index contributed by atoms with van der Waals surface area (Å²) >= 11 is 2.10. The molecule has 108 valence electrons. The highest BCUT2D eigenvalue weighted by atomic mass is 127. The van der Waals surface area contributed by atoms with Gasteiger partial charge in [0.2, 0.25) is 0 Å². The van der Waals surface area contributed by atoms with Crippen LogP contribution in [0.1, 0.15) is 17.2 Å². The zero-order chi connectivity index (χ0) is 13.8. The number of hydrogen-bond acceptors (Lipinski definition) is 2. The third kappa shape index (κ3) is 4.41. The summed E-state index contributed by atoms with van der Waals surface area (Å²) < 4.78 is 14.6. The molecule has 20 heavy (non-hydrogen) atoms. The summed E-state index contributed by atoms with van der Waals surface area (Å²) in [7, 11) is 0. The minimum Gasteiger partial charge on any atom is -0.391 e. The molecule has 0 aromatic heterocycles. The lowest BCUT2D eigenvalue weighted by molar-refractivity contribution is 0.143. The smallest absolute Gasteiger partial charge is 0.128 e. The molecule has 3 N–H and O–H groups in total. The highest BCUT2D eigenvalue weighted by Crippen LogP contribution is 2.22. The molecule has 0 spiro atoms. The molecule has 0 amide bonds. The van der Waals surface area contributed by atoms with E-state index in [0.29, 0.717) is 12.0 Å². The molecular formula is C15H16ClFINO. The molecule has 2 rings (SSSR count). The van der Waals surface area contributed by atoms with E-state index in [9.17, 15) is 9.50 Å². The van der Waals surface area contributed by atoms with Gasteiger partial charge in [-0.25, -0.2) is 4.39 Å². The fourth-order valence-electron chi connectivity index (χ4n) is 1.96. The Bertz CT molecular complexity index is 553. The van der Waals surface area contributed by atoms with E-state index in [1.54, 1.807) is 12.1 Å². The highest BCUT2D eigenvalue weighted by molar-refractivity contribution is 14.1. The standard InChI is InChI=1S/C15H15FINO.ClH/c16-13-7-6-11(17)9-12(13)15(18)14(19)8-10-4-2-1-3-5-10;/h1-7,9,14-15,19H,8,18H2;1H/t14-,15+;/m0./s1. The fourth-order valence-corrected chi connectivity index (χ4v) is 2.48. The van der Waals surface area contributed by atoms with E-state index in [-0.39, 0.29) is 18.2 Å². The van der Waals surface area contributed by atoms with Gasteiger partial charge in [-0.3, -0.25) is 0 Å². The Labute approximate surface area is 137 Å². The van der Waals surface area contributed by atoms with Crippen molar-refractivity contribution >= 4 is 35.0 Å². The number of aliphatic hydroxyl groups excluding tert-OH is 1. The lowest BCUT2D eigenvalue weighted by Gasteiger charge is -2.20. The topological polar surface area (TPSA) is 46.2 Å². The van der Waals surface area contributed by atoms with Crippen LogP contribution in [-0.2, 0) is 6.42 Å². The number of halogens is 3. The van der Waals surface area contributed by atoms with E-state index in [4.69, 9.17) is 5.73 Å². The monoisotopic (exact) mass is 407 g/mol. The van der Waals surface area contributed by atoms with E-state index in [0.717, 1.165) is 9.13 Å². The zero-order valence-corrected chi connectivity index (χ0v) is 13.6. The van der Waals surface area contributed by atoms with E-state index >= 15 is 0 Å². The van der Waals surface area contributed by atoms with E-state index in [2.05, 4.69) is 22.6 Å². The molecule has 2 atom stereocenters. The molecule has 0 heterocycles. The molecule has 0 unspecified atom stereocenters. The summed E-state index contributed by atoms with van der Waals surface area (Å²) in [5.74, 6) is -0.375. The van der Waals surface area contributed by atoms with E-state index in [1.807, 2.05) is 30.3 Å². The first-order valence-corrected chi connectivity index (χ1v) is 7.08. The molecule has 0 aliphatic carbocycles. The van der Waals surface area contributed by atoms with Crippen LogP contribution in [-0.4, -0.2) is 11.2 Å². The van der Waals surface area contributed by atoms with Gasteiger partial charge in [-0.15, -0.1) is 12.4 Å². The van der Waals surface area contributed by atoms with Crippen LogP contribution in [0.15, 0.2) is 48.5 Å². The average Bonchev–Trinajstić information content (AvgIpc) is 2.42. The number of benzene rings is 2. The molecule has 2 aromatic carbocycles. The maximum atomic E-state index is 13.7. The summed E-state index contributed by atoms with van der Waals surface area (Å²) in [5, 5.41) is 10.1. The number of nitrogens with two attached hydrogens (primary N) is 1. The van der Waals surface area contributed by atoms with Crippen molar-refractivity contribution in [3.05, 3.63) is 69.0 Å². The molecule has 0 fully saturated rings. The SMILES string of the molecule is Cl.N[C@H](c1cc(I)ccc1F)[C@@H](O)Cc1ccccc1. The van der Waals surface area contributed by atoms with Gasteiger partial charge in [0, 0.05) is 15.6 Å². The maximum Gasteiger partial charge on any atom is 0.128 e. The Balaban J connectivity index is 0.00000200. The predicted octanol–water partition coefficient (Wildman–Crippen LogP) is 3.46. The van der Waals surface area contributed by atoms with Crippen LogP contribution in [0.5, 0.6) is 0 Å². The lowest BCUT2D eigenvalue weighted by atomic mass is 9.96. The van der Waals surface area contributed by atoms with Crippen molar-refractivity contribution in [2.45, 2.75) is 18.6 Å². The van der Waals surface area contributed by atoms with Gasteiger partial charge in [-0.1, -0.05) is 30.3 Å². The van der Waals surface area contributed by atoms with Crippen molar-refractivity contribution < 1.29 is 9.50 Å². The fraction of sp³-hybridized carbons (Fsp3) is 0.200. The average molecular weight is 408 g/mol. The highest BCUT2D eigenvalue weighted by Gasteiger charge is 2.20. The maximum absolute atomic E-state index is 13.7. The molecule has 0 saturated heterocycles. The van der Waals surface area contributed by atoms with Gasteiger partial charge in [0.1, 0.15) is 5.82 Å². The molecule has 0 aliphatic rings. The van der Waals surface area contributed by atoms with Crippen molar-refractivity contribution in [2.24, 2.45) is 5.73 Å². The Morgan fingerprint density at radius 1 is 1.15 bits per heavy atom. The second-order valence-electron chi connectivity index (χ2n) is 4.45. The molecule has 2 aromatic rings. The van der Waals surface area contributed by atoms with Crippen LogP contribution >= 0.6 is 35.0 Å². The zero-order valence-electron chi connectivity index (χ0n) is 10.7. The van der Waals surface area contributed by atoms with Gasteiger partial charge >= 0.3 is 0 Å². The van der Waals surface area contributed by atoms with Crippen LogP contribution < -0.4 is 5.73 Å². The minimum atomic E-state index is -0.810. The molecule has 5 heteroatoms. The number of hydrogen-bond donors (Lipinski definition) is 2. The summed E-state index contributed by atoms with van der Waals surface area (Å²) in [5.41, 5.74) is 7.30. The third-order valence-corrected chi connectivity index (χ3v) is 3.69. The van der Waals surface area contributed by atoms with Crippen molar-refractivity contribution in [2.75, 3.05) is 0 Å². The van der Waals surface area contributed by atoms with Gasteiger partial charge < -0.3 is 10.8 Å². The normalized spacial score (nSPS) is 13.4. The number of aliphatic hydroxyl groups is 1. The van der Waals surface area contributed by atoms with E-state index < -0.39 is 12.1 Å². The first-order valence-electron chi connectivity index (χ1n) is 6.00. The summed E-state index contributed by atoms with van der Waals surface area (Å²) in [4.78, 5) is 0. The Morgan fingerprint density at radius 3 is 2.45 bits per heavy atom. The Morgan fingerprint density at radius 2 is 1.80 bits per heavy atom. The van der Waals surface area contributed by atoms with Crippen molar-refractivity contribution in [3.8, 4) is 0 Å². The van der Waals surface area contributed by atoms with Gasteiger partial charge in [0.25, 0.3) is 0 Å². The second-order valence-corrected chi connectivity index (χ2v) is 5.69. The molecule has 0 radical (unpaired) electrons. The van der Waals surface area contributed by atoms with Crippen LogP contribution in [0, 0.1) is 9.39 Å². The van der Waals surface area contributed by atoms with Crippen molar-refractivity contribution in [1.29, 1.82) is 0 Å². The van der Waals surface area contributed by atoms with Gasteiger partial charge in [-0.05, 0) is 46.4 Å². The molecular weight excluding hydrogens is 392 g/mol. The largest absolute Gasteiger partial charge is 0.391 e. The van der Waals surface area contributed by atoms with Crippen molar-refractivity contribution in [3.63, 3.8) is 0 Å². The van der Waals surface area contributed by atoms with Crippen LogP contribution in [0.4, 0.5) is 4.39 Å². The van der Waals surface area contributed by atoms with Gasteiger partial charge in [-0.2, -0.15) is 0 Å². The number of rotatable bonds is 4. The second kappa shape index (κ2) is 7.93. The predicted molar refractivity (Wildman–Crippen MR) is 89.4 cm³/mol. The van der Waals surface area contributed by atoms with Crippen molar-refractivity contribution in [1.82, 2.24) is 0 Å². The molecule has 0 aliphatic heterocycles.